The van der Waals surface area contributed by atoms with Crippen LogP contribution >= 0.6 is 0 Å². The van der Waals surface area contributed by atoms with Crippen LogP contribution in [0.4, 0.5) is 0 Å². The minimum absolute atomic E-state index is 0.0116. The molecule has 124 valence electrons. The van der Waals surface area contributed by atoms with Gasteiger partial charge in [-0.15, -0.1) is 5.10 Å². The highest BCUT2D eigenvalue weighted by atomic mass is 16.2. The van der Waals surface area contributed by atoms with Crippen molar-refractivity contribution in [2.45, 2.75) is 33.4 Å². The van der Waals surface area contributed by atoms with E-state index < -0.39 is 0 Å². The van der Waals surface area contributed by atoms with E-state index in [1.807, 2.05) is 36.9 Å². The lowest BCUT2D eigenvalue weighted by Gasteiger charge is -2.17. The van der Waals surface area contributed by atoms with Gasteiger partial charge in [-0.05, 0) is 42.7 Å². The van der Waals surface area contributed by atoms with E-state index in [1.165, 1.54) is 5.56 Å². The summed E-state index contributed by atoms with van der Waals surface area (Å²) in [5, 5.41) is 8.22. The fraction of sp³-hybridized carbons (Fsp3) is 0.316. The summed E-state index contributed by atoms with van der Waals surface area (Å²) in [6.45, 7) is 5.50. The number of carbonyl (C=O) groups excluding carboxylic acids is 1. The van der Waals surface area contributed by atoms with Crippen molar-refractivity contribution in [3.8, 4) is 0 Å². The van der Waals surface area contributed by atoms with Crippen LogP contribution < -0.4 is 0 Å². The molecule has 0 saturated heterocycles. The van der Waals surface area contributed by atoms with Gasteiger partial charge in [0.2, 0.25) is 0 Å². The molecule has 5 nitrogen and oxygen atoms in total. The molecule has 0 aliphatic carbocycles. The van der Waals surface area contributed by atoms with E-state index in [2.05, 4.69) is 41.5 Å². The summed E-state index contributed by atoms with van der Waals surface area (Å²) in [6.07, 6.45) is 1.02. The maximum absolute atomic E-state index is 12.7. The number of hydrogen-bond donors (Lipinski definition) is 0. The van der Waals surface area contributed by atoms with Crippen LogP contribution in [0.5, 0.6) is 0 Å². The van der Waals surface area contributed by atoms with Gasteiger partial charge in [0.05, 0.1) is 5.52 Å². The highest BCUT2D eigenvalue weighted by Crippen LogP contribution is 2.16. The SMILES string of the molecule is CCc1ccc(CN(C)C(=O)c2ccc3c(c2)nnn3CC)cc1. The molecule has 0 radical (unpaired) electrons. The minimum atomic E-state index is -0.0116. The van der Waals surface area contributed by atoms with Gasteiger partial charge in [-0.25, -0.2) is 4.68 Å². The van der Waals surface area contributed by atoms with Crippen LogP contribution in [0, 0.1) is 0 Å². The lowest BCUT2D eigenvalue weighted by molar-refractivity contribution is 0.0785. The van der Waals surface area contributed by atoms with Gasteiger partial charge in [-0.1, -0.05) is 36.4 Å². The van der Waals surface area contributed by atoms with Crippen LogP contribution in [0.3, 0.4) is 0 Å². The molecule has 0 atom stereocenters. The van der Waals surface area contributed by atoms with E-state index in [0.717, 1.165) is 29.6 Å². The molecule has 0 spiro atoms. The molecule has 24 heavy (non-hydrogen) atoms. The zero-order chi connectivity index (χ0) is 17.1. The highest BCUT2D eigenvalue weighted by Gasteiger charge is 2.14. The van der Waals surface area contributed by atoms with E-state index in [-0.39, 0.29) is 5.91 Å². The Kier molecular flexibility index (Phi) is 4.60. The van der Waals surface area contributed by atoms with Crippen molar-refractivity contribution >= 4 is 16.9 Å². The van der Waals surface area contributed by atoms with Crippen LogP contribution in [0.15, 0.2) is 42.5 Å². The molecule has 1 amide bonds. The molecule has 0 aliphatic rings. The van der Waals surface area contributed by atoms with Gasteiger partial charge in [0, 0.05) is 25.7 Å². The molecule has 0 bridgehead atoms. The Morgan fingerprint density at radius 1 is 1.08 bits per heavy atom. The maximum Gasteiger partial charge on any atom is 0.253 e. The molecule has 0 aliphatic heterocycles. The lowest BCUT2D eigenvalue weighted by Crippen LogP contribution is -2.26. The van der Waals surface area contributed by atoms with Crippen LogP contribution in [0.25, 0.3) is 11.0 Å². The van der Waals surface area contributed by atoms with Crippen molar-refractivity contribution in [3.63, 3.8) is 0 Å². The van der Waals surface area contributed by atoms with Crippen molar-refractivity contribution in [1.82, 2.24) is 19.9 Å². The fourth-order valence-electron chi connectivity index (χ4n) is 2.79. The monoisotopic (exact) mass is 322 g/mol. The number of fused-ring (bicyclic) bond motifs is 1. The molecular formula is C19H22N4O. The third-order valence-electron chi connectivity index (χ3n) is 4.26. The van der Waals surface area contributed by atoms with Crippen LogP contribution in [0.1, 0.15) is 35.3 Å². The predicted octanol–water partition coefficient (Wildman–Crippen LogP) is 3.29. The number of aromatic nitrogens is 3. The van der Waals surface area contributed by atoms with E-state index in [9.17, 15) is 4.79 Å². The van der Waals surface area contributed by atoms with Gasteiger partial charge in [0.15, 0.2) is 0 Å². The number of nitrogens with zero attached hydrogens (tertiary/aromatic N) is 4. The highest BCUT2D eigenvalue weighted by molar-refractivity contribution is 5.97. The van der Waals surface area contributed by atoms with Gasteiger partial charge < -0.3 is 4.90 Å². The second-order valence-corrected chi connectivity index (χ2v) is 5.94. The summed E-state index contributed by atoms with van der Waals surface area (Å²) >= 11 is 0. The molecule has 3 aromatic rings. The Morgan fingerprint density at radius 2 is 1.79 bits per heavy atom. The molecule has 0 saturated carbocycles. The van der Waals surface area contributed by atoms with E-state index in [0.29, 0.717) is 12.1 Å². The summed E-state index contributed by atoms with van der Waals surface area (Å²) in [6, 6.07) is 14.0. The molecule has 1 aromatic heterocycles. The minimum Gasteiger partial charge on any atom is -0.337 e. The van der Waals surface area contributed by atoms with Crippen molar-refractivity contribution in [1.29, 1.82) is 0 Å². The normalized spacial score (nSPS) is 11.0. The maximum atomic E-state index is 12.7. The molecule has 1 heterocycles. The molecule has 0 N–H and O–H groups in total. The molecule has 0 unspecified atom stereocenters. The Bertz CT molecular complexity index is 851. The molecule has 2 aromatic carbocycles. The second-order valence-electron chi connectivity index (χ2n) is 5.94. The first-order chi connectivity index (χ1) is 11.6. The van der Waals surface area contributed by atoms with Gasteiger partial charge in [0.25, 0.3) is 5.91 Å². The van der Waals surface area contributed by atoms with Crippen molar-refractivity contribution in [2.24, 2.45) is 0 Å². The molecule has 3 rings (SSSR count). The van der Waals surface area contributed by atoms with Gasteiger partial charge in [-0.2, -0.15) is 0 Å². The topological polar surface area (TPSA) is 51.0 Å². The zero-order valence-electron chi connectivity index (χ0n) is 14.4. The number of aryl methyl sites for hydroxylation is 2. The van der Waals surface area contributed by atoms with E-state index in [1.54, 1.807) is 4.90 Å². The lowest BCUT2D eigenvalue weighted by atomic mass is 10.1. The van der Waals surface area contributed by atoms with Gasteiger partial charge in [0.1, 0.15) is 5.52 Å². The predicted molar refractivity (Wildman–Crippen MR) is 94.8 cm³/mol. The van der Waals surface area contributed by atoms with Gasteiger partial charge in [-0.3, -0.25) is 4.79 Å². The average Bonchev–Trinajstić information content (AvgIpc) is 3.03. The Balaban J connectivity index is 1.77. The van der Waals surface area contributed by atoms with Crippen LogP contribution in [-0.4, -0.2) is 32.8 Å². The first-order valence-corrected chi connectivity index (χ1v) is 8.29. The van der Waals surface area contributed by atoms with Crippen molar-refractivity contribution < 1.29 is 4.79 Å². The standard InChI is InChI=1S/C19H22N4O/c1-4-14-6-8-15(9-7-14)13-22(3)19(24)16-10-11-18-17(12-16)20-21-23(18)5-2/h6-12H,4-5,13H2,1-3H3. The Morgan fingerprint density at radius 3 is 2.46 bits per heavy atom. The van der Waals surface area contributed by atoms with E-state index in [4.69, 9.17) is 0 Å². The van der Waals surface area contributed by atoms with Crippen molar-refractivity contribution in [2.75, 3.05) is 7.05 Å². The number of hydrogen-bond acceptors (Lipinski definition) is 3. The van der Waals surface area contributed by atoms with Gasteiger partial charge >= 0.3 is 0 Å². The Hall–Kier alpha value is -2.69. The second kappa shape index (κ2) is 6.83. The van der Waals surface area contributed by atoms with E-state index >= 15 is 0 Å². The fourth-order valence-corrected chi connectivity index (χ4v) is 2.79. The number of benzene rings is 2. The molecular weight excluding hydrogens is 300 g/mol. The smallest absolute Gasteiger partial charge is 0.253 e. The summed E-state index contributed by atoms with van der Waals surface area (Å²) in [5.41, 5.74) is 4.77. The van der Waals surface area contributed by atoms with Crippen LogP contribution in [0.2, 0.25) is 0 Å². The Labute approximate surface area is 141 Å². The summed E-state index contributed by atoms with van der Waals surface area (Å²) < 4.78 is 1.82. The zero-order valence-corrected chi connectivity index (χ0v) is 14.4. The number of amides is 1. The van der Waals surface area contributed by atoms with Crippen molar-refractivity contribution in [3.05, 3.63) is 59.2 Å². The molecule has 5 heteroatoms. The quantitative estimate of drug-likeness (QED) is 0.724. The first-order valence-electron chi connectivity index (χ1n) is 8.29. The average molecular weight is 322 g/mol. The van der Waals surface area contributed by atoms with Crippen LogP contribution in [-0.2, 0) is 19.5 Å². The first kappa shape index (κ1) is 16.2. The number of carbonyl (C=O) groups is 1. The molecule has 0 fully saturated rings. The third-order valence-corrected chi connectivity index (χ3v) is 4.26. The summed E-state index contributed by atoms with van der Waals surface area (Å²) in [5.74, 6) is -0.0116. The summed E-state index contributed by atoms with van der Waals surface area (Å²) in [7, 11) is 1.82. The third kappa shape index (κ3) is 3.15. The number of rotatable bonds is 5. The largest absolute Gasteiger partial charge is 0.337 e. The summed E-state index contributed by atoms with van der Waals surface area (Å²) in [4.78, 5) is 14.4.